The van der Waals surface area contributed by atoms with Gasteiger partial charge in [-0.25, -0.2) is 19.7 Å². The molecule has 144 valence electrons. The van der Waals surface area contributed by atoms with Gasteiger partial charge < -0.3 is 14.4 Å². The molecule has 0 atom stereocenters. The molecule has 29 heavy (non-hydrogen) atoms. The molecule has 0 unspecified atom stereocenters. The summed E-state index contributed by atoms with van der Waals surface area (Å²) in [4.78, 5) is 37.2. The van der Waals surface area contributed by atoms with Crippen LogP contribution >= 0.6 is 0 Å². The molecule has 0 aliphatic rings. The van der Waals surface area contributed by atoms with Gasteiger partial charge in [-0.2, -0.15) is 0 Å². The van der Waals surface area contributed by atoms with Crippen LogP contribution in [0.1, 0.15) is 16.1 Å². The van der Waals surface area contributed by atoms with Gasteiger partial charge in [0.15, 0.2) is 11.4 Å². The third-order valence-electron chi connectivity index (χ3n) is 4.56. The molecule has 0 saturated heterocycles. The van der Waals surface area contributed by atoms with E-state index in [0.717, 1.165) is 5.56 Å². The lowest BCUT2D eigenvalue weighted by Gasteiger charge is -2.15. The van der Waals surface area contributed by atoms with Gasteiger partial charge in [-0.1, -0.05) is 30.3 Å². The van der Waals surface area contributed by atoms with E-state index in [1.165, 1.54) is 42.7 Å². The maximum absolute atomic E-state index is 13.3. The van der Waals surface area contributed by atoms with Gasteiger partial charge in [0, 0.05) is 23.3 Å². The SMILES string of the molecule is COC(=O)c1ncc2c(cc(-c3cncnc3)c(=O)n2Cc2ccccc2)c1O. The van der Waals surface area contributed by atoms with Crippen LogP contribution in [0.15, 0.2) is 66.1 Å². The number of methoxy groups -OCH3 is 1. The molecule has 1 N–H and O–H groups in total. The van der Waals surface area contributed by atoms with Gasteiger partial charge in [-0.15, -0.1) is 0 Å². The number of benzene rings is 1. The van der Waals surface area contributed by atoms with Gasteiger partial charge in [0.1, 0.15) is 6.33 Å². The lowest BCUT2D eigenvalue weighted by atomic mass is 10.1. The minimum absolute atomic E-state index is 0.222. The topological polar surface area (TPSA) is 107 Å². The zero-order chi connectivity index (χ0) is 20.4. The minimum Gasteiger partial charge on any atom is -0.505 e. The fourth-order valence-corrected chi connectivity index (χ4v) is 3.14. The molecule has 0 aliphatic carbocycles. The van der Waals surface area contributed by atoms with E-state index in [1.807, 2.05) is 30.3 Å². The van der Waals surface area contributed by atoms with E-state index < -0.39 is 5.97 Å². The van der Waals surface area contributed by atoms with Gasteiger partial charge in [0.25, 0.3) is 5.56 Å². The van der Waals surface area contributed by atoms with Crippen LogP contribution in [-0.4, -0.2) is 37.7 Å². The molecule has 0 amide bonds. The van der Waals surface area contributed by atoms with Crippen molar-refractivity contribution in [1.82, 2.24) is 19.5 Å². The Hall–Kier alpha value is -4.07. The van der Waals surface area contributed by atoms with Crippen LogP contribution in [-0.2, 0) is 11.3 Å². The highest BCUT2D eigenvalue weighted by molar-refractivity contribution is 5.99. The number of rotatable bonds is 4. The second-order valence-electron chi connectivity index (χ2n) is 6.31. The summed E-state index contributed by atoms with van der Waals surface area (Å²) < 4.78 is 6.18. The van der Waals surface area contributed by atoms with Crippen LogP contribution in [0.5, 0.6) is 5.75 Å². The Morgan fingerprint density at radius 2 is 1.86 bits per heavy atom. The van der Waals surface area contributed by atoms with Crippen LogP contribution in [0.2, 0.25) is 0 Å². The average Bonchev–Trinajstić information content (AvgIpc) is 2.76. The van der Waals surface area contributed by atoms with E-state index >= 15 is 0 Å². The molecular weight excluding hydrogens is 372 g/mol. The quantitative estimate of drug-likeness (QED) is 0.535. The summed E-state index contributed by atoms with van der Waals surface area (Å²) in [6, 6.07) is 10.9. The Bertz CT molecular complexity index is 1250. The minimum atomic E-state index is -0.769. The normalized spacial score (nSPS) is 10.8. The Labute approximate surface area is 165 Å². The van der Waals surface area contributed by atoms with Crippen molar-refractivity contribution in [2.45, 2.75) is 6.54 Å². The molecule has 0 radical (unpaired) electrons. The zero-order valence-corrected chi connectivity index (χ0v) is 15.4. The molecule has 4 rings (SSSR count). The molecule has 0 fully saturated rings. The summed E-state index contributed by atoms with van der Waals surface area (Å²) in [5, 5.41) is 11.0. The summed E-state index contributed by atoms with van der Waals surface area (Å²) in [5.74, 6) is -1.12. The second-order valence-corrected chi connectivity index (χ2v) is 6.31. The second kappa shape index (κ2) is 7.51. The van der Waals surface area contributed by atoms with E-state index in [-0.39, 0.29) is 23.5 Å². The lowest BCUT2D eigenvalue weighted by molar-refractivity contribution is 0.0591. The number of fused-ring (bicyclic) bond motifs is 1. The van der Waals surface area contributed by atoms with Crippen LogP contribution in [0.25, 0.3) is 22.0 Å². The van der Waals surface area contributed by atoms with Crippen molar-refractivity contribution in [2.24, 2.45) is 0 Å². The molecule has 8 nitrogen and oxygen atoms in total. The number of aromatic nitrogens is 4. The van der Waals surface area contributed by atoms with Crippen LogP contribution < -0.4 is 5.56 Å². The van der Waals surface area contributed by atoms with Gasteiger partial charge in [0.2, 0.25) is 0 Å². The van der Waals surface area contributed by atoms with E-state index in [9.17, 15) is 14.7 Å². The maximum atomic E-state index is 13.3. The van der Waals surface area contributed by atoms with E-state index in [2.05, 4.69) is 19.7 Å². The largest absolute Gasteiger partial charge is 0.505 e. The molecule has 0 spiro atoms. The number of carbonyl (C=O) groups excluding carboxylic acids is 1. The third kappa shape index (κ3) is 3.31. The van der Waals surface area contributed by atoms with Crippen molar-refractivity contribution in [3.8, 4) is 16.9 Å². The third-order valence-corrected chi connectivity index (χ3v) is 4.56. The number of aromatic hydroxyl groups is 1. The van der Waals surface area contributed by atoms with Crippen LogP contribution in [0.3, 0.4) is 0 Å². The number of pyridine rings is 2. The van der Waals surface area contributed by atoms with E-state index in [0.29, 0.717) is 22.0 Å². The summed E-state index contributed by atoms with van der Waals surface area (Å²) in [6.07, 6.45) is 5.78. The number of ether oxygens (including phenoxy) is 1. The first-order valence-corrected chi connectivity index (χ1v) is 8.73. The highest BCUT2D eigenvalue weighted by Gasteiger charge is 2.20. The predicted octanol–water partition coefficient (Wildman–Crippen LogP) is 2.39. The monoisotopic (exact) mass is 388 g/mol. The summed E-state index contributed by atoms with van der Waals surface area (Å²) >= 11 is 0. The Morgan fingerprint density at radius 1 is 1.14 bits per heavy atom. The Kier molecular flexibility index (Phi) is 4.74. The molecule has 0 aliphatic heterocycles. The van der Waals surface area contributed by atoms with Gasteiger partial charge in [-0.3, -0.25) is 4.79 Å². The molecule has 1 aromatic carbocycles. The maximum Gasteiger partial charge on any atom is 0.360 e. The summed E-state index contributed by atoms with van der Waals surface area (Å²) in [6.45, 7) is 0.260. The van der Waals surface area contributed by atoms with Crippen molar-refractivity contribution < 1.29 is 14.6 Å². The van der Waals surface area contributed by atoms with Crippen LogP contribution in [0, 0.1) is 0 Å². The number of nitrogens with zero attached hydrogens (tertiary/aromatic N) is 4. The first-order valence-electron chi connectivity index (χ1n) is 8.73. The fraction of sp³-hybridized carbons (Fsp3) is 0.0952. The zero-order valence-electron chi connectivity index (χ0n) is 15.4. The lowest BCUT2D eigenvalue weighted by Crippen LogP contribution is -2.23. The summed E-state index contributed by atoms with van der Waals surface area (Å²) in [7, 11) is 1.21. The molecular formula is C21H16N4O4. The highest BCUT2D eigenvalue weighted by Crippen LogP contribution is 2.30. The fourth-order valence-electron chi connectivity index (χ4n) is 3.14. The Morgan fingerprint density at radius 3 is 2.55 bits per heavy atom. The molecule has 0 bridgehead atoms. The smallest absolute Gasteiger partial charge is 0.360 e. The molecule has 0 saturated carbocycles. The van der Waals surface area contributed by atoms with Crippen molar-refractivity contribution >= 4 is 16.9 Å². The van der Waals surface area contributed by atoms with Gasteiger partial charge in [-0.05, 0) is 11.6 Å². The highest BCUT2D eigenvalue weighted by atomic mass is 16.5. The standard InChI is InChI=1S/C21H16N4O4/c1-29-21(28)18-19(26)16-7-15(14-8-22-12-23-9-14)20(27)25(17(16)10-24-18)11-13-5-3-2-4-6-13/h2-10,12,26H,11H2,1H3. The summed E-state index contributed by atoms with van der Waals surface area (Å²) in [5.41, 5.74) is 1.57. The van der Waals surface area contributed by atoms with E-state index in [1.54, 1.807) is 0 Å². The number of esters is 1. The van der Waals surface area contributed by atoms with Crippen LogP contribution in [0.4, 0.5) is 0 Å². The molecule has 8 heteroatoms. The predicted molar refractivity (Wildman–Crippen MR) is 106 cm³/mol. The van der Waals surface area contributed by atoms with Crippen molar-refractivity contribution in [3.63, 3.8) is 0 Å². The van der Waals surface area contributed by atoms with Crippen molar-refractivity contribution in [1.29, 1.82) is 0 Å². The molecule has 3 aromatic heterocycles. The average molecular weight is 388 g/mol. The first kappa shape index (κ1) is 18.3. The van der Waals surface area contributed by atoms with Gasteiger partial charge in [0.05, 0.1) is 30.9 Å². The first-order chi connectivity index (χ1) is 14.1. The number of carbonyl (C=O) groups is 1. The number of hydrogen-bond acceptors (Lipinski definition) is 7. The molecule has 4 aromatic rings. The van der Waals surface area contributed by atoms with E-state index in [4.69, 9.17) is 0 Å². The number of hydrogen-bond donors (Lipinski definition) is 1. The van der Waals surface area contributed by atoms with Gasteiger partial charge >= 0.3 is 5.97 Å². The van der Waals surface area contributed by atoms with Crippen molar-refractivity contribution in [2.75, 3.05) is 7.11 Å². The Balaban J connectivity index is 2.03. The van der Waals surface area contributed by atoms with Crippen molar-refractivity contribution in [3.05, 3.63) is 82.9 Å². The molecule has 3 heterocycles.